The van der Waals surface area contributed by atoms with Gasteiger partial charge in [-0.1, -0.05) is 23.2 Å². The number of nitrogens with zero attached hydrogens (tertiary/aromatic N) is 2. The SMILES string of the molecule is Clc1cc(Cl)c2c(c1)N(Cc1c[nH]cn1)CCO2. The molecule has 0 spiro atoms. The molecule has 94 valence electrons. The van der Waals surface area contributed by atoms with Gasteiger partial charge in [-0.2, -0.15) is 0 Å². The number of hydrogen-bond acceptors (Lipinski definition) is 3. The summed E-state index contributed by atoms with van der Waals surface area (Å²) in [7, 11) is 0. The maximum atomic E-state index is 6.14. The summed E-state index contributed by atoms with van der Waals surface area (Å²) in [5.74, 6) is 0.697. The average molecular weight is 284 g/mol. The van der Waals surface area contributed by atoms with Crippen LogP contribution in [0.4, 0.5) is 5.69 Å². The lowest BCUT2D eigenvalue weighted by atomic mass is 10.2. The highest BCUT2D eigenvalue weighted by molar-refractivity contribution is 6.36. The smallest absolute Gasteiger partial charge is 0.161 e. The van der Waals surface area contributed by atoms with Crippen molar-refractivity contribution < 1.29 is 4.74 Å². The van der Waals surface area contributed by atoms with Gasteiger partial charge >= 0.3 is 0 Å². The fourth-order valence-corrected chi connectivity index (χ4v) is 2.58. The number of fused-ring (bicyclic) bond motifs is 1. The van der Waals surface area contributed by atoms with Crippen molar-refractivity contribution in [1.82, 2.24) is 9.97 Å². The first kappa shape index (κ1) is 11.7. The number of halogens is 2. The first-order valence-corrected chi connectivity index (χ1v) is 6.34. The maximum Gasteiger partial charge on any atom is 0.161 e. The zero-order valence-electron chi connectivity index (χ0n) is 9.49. The van der Waals surface area contributed by atoms with Crippen LogP contribution in [0.15, 0.2) is 24.7 Å². The van der Waals surface area contributed by atoms with Crippen molar-refractivity contribution in [2.75, 3.05) is 18.1 Å². The summed E-state index contributed by atoms with van der Waals surface area (Å²) < 4.78 is 5.60. The van der Waals surface area contributed by atoms with Crippen LogP contribution in [0.1, 0.15) is 5.69 Å². The second-order valence-corrected chi connectivity index (χ2v) is 4.91. The second-order valence-electron chi connectivity index (χ2n) is 4.07. The second kappa shape index (κ2) is 4.71. The number of rotatable bonds is 2. The molecule has 6 heteroatoms. The number of anilines is 1. The van der Waals surface area contributed by atoms with Gasteiger partial charge in [0.2, 0.25) is 0 Å². The molecule has 1 aliphatic heterocycles. The van der Waals surface area contributed by atoms with E-state index in [9.17, 15) is 0 Å². The van der Waals surface area contributed by atoms with E-state index in [2.05, 4.69) is 14.9 Å². The van der Waals surface area contributed by atoms with Gasteiger partial charge in [-0.15, -0.1) is 0 Å². The molecular formula is C12H11Cl2N3O. The largest absolute Gasteiger partial charge is 0.488 e. The van der Waals surface area contributed by atoms with E-state index in [0.29, 0.717) is 28.9 Å². The third kappa shape index (κ3) is 2.13. The summed E-state index contributed by atoms with van der Waals surface area (Å²) in [6, 6.07) is 3.56. The Morgan fingerprint density at radius 3 is 3.06 bits per heavy atom. The van der Waals surface area contributed by atoms with Crippen molar-refractivity contribution in [1.29, 1.82) is 0 Å². The Hall–Kier alpha value is -1.39. The molecule has 1 aromatic carbocycles. The highest BCUT2D eigenvalue weighted by Gasteiger charge is 2.21. The molecule has 2 heterocycles. The zero-order valence-corrected chi connectivity index (χ0v) is 11.0. The van der Waals surface area contributed by atoms with Crippen molar-refractivity contribution in [3.8, 4) is 5.75 Å². The molecule has 0 fully saturated rings. The lowest BCUT2D eigenvalue weighted by Crippen LogP contribution is -2.32. The van der Waals surface area contributed by atoms with Gasteiger partial charge < -0.3 is 14.6 Å². The molecule has 0 saturated heterocycles. The molecule has 2 aromatic rings. The minimum atomic E-state index is 0.546. The fourth-order valence-electron chi connectivity index (χ4n) is 2.04. The van der Waals surface area contributed by atoms with E-state index in [1.54, 1.807) is 12.4 Å². The predicted molar refractivity (Wildman–Crippen MR) is 71.6 cm³/mol. The molecule has 0 radical (unpaired) electrons. The van der Waals surface area contributed by atoms with Gasteiger partial charge in [0.05, 0.1) is 35.8 Å². The minimum absolute atomic E-state index is 0.546. The third-order valence-corrected chi connectivity index (χ3v) is 3.34. The third-order valence-electron chi connectivity index (χ3n) is 2.84. The zero-order chi connectivity index (χ0) is 12.5. The van der Waals surface area contributed by atoms with Gasteiger partial charge in [0.15, 0.2) is 5.75 Å². The van der Waals surface area contributed by atoms with Gasteiger partial charge in [-0.25, -0.2) is 4.98 Å². The topological polar surface area (TPSA) is 41.2 Å². The lowest BCUT2D eigenvalue weighted by Gasteiger charge is -2.31. The first-order chi connectivity index (χ1) is 8.74. The summed E-state index contributed by atoms with van der Waals surface area (Å²) in [6.45, 7) is 2.10. The monoisotopic (exact) mass is 283 g/mol. The normalized spacial score (nSPS) is 14.2. The molecule has 0 atom stereocenters. The molecule has 4 nitrogen and oxygen atoms in total. The van der Waals surface area contributed by atoms with Gasteiger partial charge in [-0.3, -0.25) is 0 Å². The van der Waals surface area contributed by atoms with E-state index in [1.807, 2.05) is 12.3 Å². The Morgan fingerprint density at radius 1 is 1.39 bits per heavy atom. The molecule has 1 N–H and O–H groups in total. The van der Waals surface area contributed by atoms with Crippen LogP contribution in [0.3, 0.4) is 0 Å². The van der Waals surface area contributed by atoms with Crippen LogP contribution < -0.4 is 9.64 Å². The number of H-pyrrole nitrogens is 1. The molecule has 0 saturated carbocycles. The summed E-state index contributed by atoms with van der Waals surface area (Å²) in [5.41, 5.74) is 1.89. The van der Waals surface area contributed by atoms with Crippen LogP contribution in [-0.2, 0) is 6.54 Å². The van der Waals surface area contributed by atoms with Crippen molar-refractivity contribution in [2.45, 2.75) is 6.54 Å². The predicted octanol–water partition coefficient (Wildman–Crippen LogP) is 3.12. The van der Waals surface area contributed by atoms with E-state index in [4.69, 9.17) is 27.9 Å². The van der Waals surface area contributed by atoms with E-state index < -0.39 is 0 Å². The Balaban J connectivity index is 1.96. The van der Waals surface area contributed by atoms with E-state index in [-0.39, 0.29) is 0 Å². The molecular weight excluding hydrogens is 273 g/mol. The highest BCUT2D eigenvalue weighted by Crippen LogP contribution is 2.40. The van der Waals surface area contributed by atoms with Crippen LogP contribution in [0.25, 0.3) is 0 Å². The van der Waals surface area contributed by atoms with Gasteiger partial charge in [0.1, 0.15) is 6.61 Å². The number of benzene rings is 1. The van der Waals surface area contributed by atoms with E-state index in [1.165, 1.54) is 0 Å². The molecule has 0 bridgehead atoms. The molecule has 18 heavy (non-hydrogen) atoms. The number of imidazole rings is 1. The van der Waals surface area contributed by atoms with Crippen LogP contribution in [-0.4, -0.2) is 23.1 Å². The summed E-state index contributed by atoms with van der Waals surface area (Å²) in [6.07, 6.45) is 3.54. The Bertz CT molecular complexity index is 557. The molecule has 0 aliphatic carbocycles. The minimum Gasteiger partial charge on any atom is -0.488 e. The van der Waals surface area contributed by atoms with Crippen molar-refractivity contribution >= 4 is 28.9 Å². The highest BCUT2D eigenvalue weighted by atomic mass is 35.5. The summed E-state index contributed by atoms with van der Waals surface area (Å²) in [4.78, 5) is 9.33. The van der Waals surface area contributed by atoms with Gasteiger partial charge in [0.25, 0.3) is 0 Å². The lowest BCUT2D eigenvalue weighted by molar-refractivity contribution is 0.307. The average Bonchev–Trinajstić information content (AvgIpc) is 2.83. The molecule has 1 aromatic heterocycles. The van der Waals surface area contributed by atoms with Crippen LogP contribution in [0.5, 0.6) is 5.75 Å². The van der Waals surface area contributed by atoms with Crippen LogP contribution in [0, 0.1) is 0 Å². The first-order valence-electron chi connectivity index (χ1n) is 5.58. The fraction of sp³-hybridized carbons (Fsp3) is 0.250. The number of aromatic amines is 1. The van der Waals surface area contributed by atoms with E-state index >= 15 is 0 Å². The molecule has 3 rings (SSSR count). The Kier molecular flexibility index (Phi) is 3.06. The van der Waals surface area contributed by atoms with Crippen molar-refractivity contribution in [3.05, 3.63) is 40.4 Å². The van der Waals surface area contributed by atoms with Crippen LogP contribution >= 0.6 is 23.2 Å². The molecule has 1 aliphatic rings. The maximum absolute atomic E-state index is 6.14. The van der Waals surface area contributed by atoms with Crippen molar-refractivity contribution in [2.24, 2.45) is 0 Å². The number of aromatic nitrogens is 2. The van der Waals surface area contributed by atoms with Gasteiger partial charge in [0, 0.05) is 11.2 Å². The molecule has 0 unspecified atom stereocenters. The number of hydrogen-bond donors (Lipinski definition) is 1. The standard InChI is InChI=1S/C12H11Cl2N3O/c13-8-3-10(14)12-11(4-8)17(1-2-18-12)6-9-5-15-7-16-9/h3-5,7H,1-2,6H2,(H,15,16). The number of nitrogens with one attached hydrogen (secondary N) is 1. The molecule has 0 amide bonds. The van der Waals surface area contributed by atoms with Crippen LogP contribution in [0.2, 0.25) is 10.0 Å². The quantitative estimate of drug-likeness (QED) is 0.921. The Labute approximate surface area is 114 Å². The summed E-state index contributed by atoms with van der Waals surface area (Å²) in [5, 5.41) is 1.15. The van der Waals surface area contributed by atoms with Gasteiger partial charge in [-0.05, 0) is 12.1 Å². The Morgan fingerprint density at radius 2 is 2.28 bits per heavy atom. The van der Waals surface area contributed by atoms with Crippen molar-refractivity contribution in [3.63, 3.8) is 0 Å². The number of ether oxygens (including phenoxy) is 1. The summed E-state index contributed by atoms with van der Waals surface area (Å²) >= 11 is 12.2. The van der Waals surface area contributed by atoms with E-state index in [0.717, 1.165) is 17.9 Å².